The highest BCUT2D eigenvalue weighted by molar-refractivity contribution is 5.88. The molecule has 114 valence electrons. The minimum Gasteiger partial charge on any atom is -0.480 e. The van der Waals surface area contributed by atoms with Gasteiger partial charge in [0, 0.05) is 6.04 Å². The molecule has 1 aliphatic carbocycles. The number of likely N-dealkylation sites (N-methyl/N-ethyl adjacent to an activating group) is 1. The van der Waals surface area contributed by atoms with Crippen LogP contribution in [-0.4, -0.2) is 48.8 Å². The number of aliphatic carboxylic acids is 1. The summed E-state index contributed by atoms with van der Waals surface area (Å²) < 4.78 is 5.32. The Morgan fingerprint density at radius 1 is 1.15 bits per heavy atom. The summed E-state index contributed by atoms with van der Waals surface area (Å²) in [6.07, 6.45) is 4.82. The predicted octanol–water partition coefficient (Wildman–Crippen LogP) is 0.515. The smallest absolute Gasteiger partial charge is 0.329 e. The minimum atomic E-state index is -1.09. The topological polar surface area (TPSA) is 87.7 Å². The summed E-state index contributed by atoms with van der Waals surface area (Å²) in [6, 6.07) is -0.0355. The van der Waals surface area contributed by atoms with Gasteiger partial charge in [0.05, 0.1) is 19.1 Å². The van der Waals surface area contributed by atoms with Gasteiger partial charge in [-0.05, 0) is 19.9 Å². The molecule has 1 heterocycles. The van der Waals surface area contributed by atoms with Crippen molar-refractivity contribution in [1.82, 2.24) is 10.6 Å². The molecule has 0 radical (unpaired) electrons. The van der Waals surface area contributed by atoms with Crippen molar-refractivity contribution >= 4 is 11.9 Å². The minimum absolute atomic E-state index is 0.0355. The standard InChI is InChI=1S/C14H24N2O4/c1-15-11-9-20-8-10(11)12(17)16-14(13(18)19)6-4-2-3-5-7-14/h10-11,15H,2-9H2,1H3,(H,16,17)(H,18,19). The van der Waals surface area contributed by atoms with Crippen molar-refractivity contribution in [2.24, 2.45) is 5.92 Å². The van der Waals surface area contributed by atoms with Crippen molar-refractivity contribution < 1.29 is 19.4 Å². The third-order valence-corrected chi connectivity index (χ3v) is 4.52. The van der Waals surface area contributed by atoms with Crippen LogP contribution < -0.4 is 10.6 Å². The number of rotatable bonds is 4. The first-order valence-electron chi connectivity index (χ1n) is 7.39. The van der Waals surface area contributed by atoms with Gasteiger partial charge in [0.25, 0.3) is 0 Å². The Bertz CT molecular complexity index is 364. The van der Waals surface area contributed by atoms with Gasteiger partial charge in [-0.25, -0.2) is 4.79 Å². The van der Waals surface area contributed by atoms with Gasteiger partial charge in [0.2, 0.25) is 5.91 Å². The summed E-state index contributed by atoms with van der Waals surface area (Å²) in [7, 11) is 1.79. The number of hydrogen-bond acceptors (Lipinski definition) is 4. The van der Waals surface area contributed by atoms with Crippen LogP contribution in [-0.2, 0) is 14.3 Å². The molecule has 2 fully saturated rings. The number of ether oxygens (including phenoxy) is 1. The van der Waals surface area contributed by atoms with Gasteiger partial charge >= 0.3 is 5.97 Å². The third-order valence-electron chi connectivity index (χ3n) is 4.52. The van der Waals surface area contributed by atoms with Gasteiger partial charge in [-0.1, -0.05) is 25.7 Å². The molecule has 6 nitrogen and oxygen atoms in total. The van der Waals surface area contributed by atoms with Crippen molar-refractivity contribution in [3.63, 3.8) is 0 Å². The Kier molecular flexibility index (Phi) is 4.99. The second-order valence-corrected chi connectivity index (χ2v) is 5.83. The molecule has 20 heavy (non-hydrogen) atoms. The molecule has 6 heteroatoms. The second-order valence-electron chi connectivity index (χ2n) is 5.83. The monoisotopic (exact) mass is 284 g/mol. The molecule has 2 rings (SSSR count). The number of nitrogens with one attached hydrogen (secondary N) is 2. The lowest BCUT2D eigenvalue weighted by molar-refractivity contribution is -0.149. The number of amides is 1. The highest BCUT2D eigenvalue weighted by Crippen LogP contribution is 2.28. The zero-order chi connectivity index (χ0) is 14.6. The van der Waals surface area contributed by atoms with Crippen molar-refractivity contribution in [3.8, 4) is 0 Å². The molecule has 2 aliphatic rings. The first-order chi connectivity index (χ1) is 9.59. The predicted molar refractivity (Wildman–Crippen MR) is 73.4 cm³/mol. The maximum atomic E-state index is 12.4. The van der Waals surface area contributed by atoms with Crippen molar-refractivity contribution in [2.75, 3.05) is 20.3 Å². The molecule has 3 N–H and O–H groups in total. The molecule has 0 aromatic carbocycles. The lowest BCUT2D eigenvalue weighted by atomic mass is 9.89. The van der Waals surface area contributed by atoms with E-state index in [0.29, 0.717) is 26.1 Å². The van der Waals surface area contributed by atoms with Gasteiger partial charge in [-0.15, -0.1) is 0 Å². The molecule has 1 saturated heterocycles. The van der Waals surface area contributed by atoms with Crippen LogP contribution in [0.25, 0.3) is 0 Å². The molecule has 2 atom stereocenters. The second kappa shape index (κ2) is 6.54. The van der Waals surface area contributed by atoms with E-state index in [1.807, 2.05) is 0 Å². The molecule has 1 saturated carbocycles. The van der Waals surface area contributed by atoms with Crippen LogP contribution in [0.2, 0.25) is 0 Å². The Labute approximate surface area is 119 Å². The fourth-order valence-corrected chi connectivity index (χ4v) is 3.15. The lowest BCUT2D eigenvalue weighted by Crippen LogP contribution is -2.57. The Morgan fingerprint density at radius 2 is 1.80 bits per heavy atom. The van der Waals surface area contributed by atoms with Crippen LogP contribution in [0.1, 0.15) is 38.5 Å². The molecular formula is C14H24N2O4. The van der Waals surface area contributed by atoms with Crippen LogP contribution in [0.15, 0.2) is 0 Å². The van der Waals surface area contributed by atoms with E-state index in [-0.39, 0.29) is 17.9 Å². The summed E-state index contributed by atoms with van der Waals surface area (Å²) in [6.45, 7) is 0.849. The van der Waals surface area contributed by atoms with Gasteiger partial charge in [0.15, 0.2) is 0 Å². The quantitative estimate of drug-likeness (QED) is 0.655. The van der Waals surface area contributed by atoms with Gasteiger partial charge in [0.1, 0.15) is 5.54 Å². The molecule has 0 spiro atoms. The highest BCUT2D eigenvalue weighted by Gasteiger charge is 2.43. The van der Waals surface area contributed by atoms with E-state index in [4.69, 9.17) is 4.74 Å². The number of carboxylic acid groups (broad SMARTS) is 1. The maximum absolute atomic E-state index is 12.4. The van der Waals surface area contributed by atoms with Gasteiger partial charge in [-0.2, -0.15) is 0 Å². The number of carboxylic acids is 1. The van der Waals surface area contributed by atoms with E-state index in [2.05, 4.69) is 10.6 Å². The first kappa shape index (κ1) is 15.3. The molecule has 1 amide bonds. The Morgan fingerprint density at radius 3 is 2.35 bits per heavy atom. The van der Waals surface area contributed by atoms with E-state index in [9.17, 15) is 14.7 Å². The van der Waals surface area contributed by atoms with Gasteiger partial charge in [-0.3, -0.25) is 4.79 Å². The van der Waals surface area contributed by atoms with Crippen LogP contribution in [0.4, 0.5) is 0 Å². The molecule has 0 aromatic rings. The molecular weight excluding hydrogens is 260 g/mol. The first-order valence-corrected chi connectivity index (χ1v) is 7.39. The van der Waals surface area contributed by atoms with Crippen LogP contribution >= 0.6 is 0 Å². The van der Waals surface area contributed by atoms with E-state index in [1.165, 1.54) is 0 Å². The number of hydrogen-bond donors (Lipinski definition) is 3. The van der Waals surface area contributed by atoms with E-state index in [0.717, 1.165) is 25.7 Å². The summed E-state index contributed by atoms with van der Waals surface area (Å²) >= 11 is 0. The van der Waals surface area contributed by atoms with Crippen molar-refractivity contribution in [1.29, 1.82) is 0 Å². The maximum Gasteiger partial charge on any atom is 0.329 e. The van der Waals surface area contributed by atoms with E-state index < -0.39 is 11.5 Å². The summed E-state index contributed by atoms with van der Waals surface area (Å²) in [5.41, 5.74) is -1.09. The zero-order valence-electron chi connectivity index (χ0n) is 12.0. The molecule has 1 aliphatic heterocycles. The van der Waals surface area contributed by atoms with Gasteiger partial charge < -0.3 is 20.5 Å². The highest BCUT2D eigenvalue weighted by atomic mass is 16.5. The van der Waals surface area contributed by atoms with Crippen molar-refractivity contribution in [2.45, 2.75) is 50.1 Å². The average molecular weight is 284 g/mol. The lowest BCUT2D eigenvalue weighted by Gasteiger charge is -2.31. The summed E-state index contributed by atoms with van der Waals surface area (Å²) in [4.78, 5) is 24.1. The van der Waals surface area contributed by atoms with Crippen LogP contribution in [0, 0.1) is 5.92 Å². The fourth-order valence-electron chi connectivity index (χ4n) is 3.15. The van der Waals surface area contributed by atoms with E-state index >= 15 is 0 Å². The van der Waals surface area contributed by atoms with Crippen molar-refractivity contribution in [3.05, 3.63) is 0 Å². The largest absolute Gasteiger partial charge is 0.480 e. The normalized spacial score (nSPS) is 29.6. The average Bonchev–Trinajstić information content (AvgIpc) is 2.78. The fraction of sp³-hybridized carbons (Fsp3) is 0.857. The van der Waals surface area contributed by atoms with Crippen LogP contribution in [0.3, 0.4) is 0 Å². The third kappa shape index (κ3) is 3.12. The van der Waals surface area contributed by atoms with E-state index in [1.54, 1.807) is 7.05 Å². The van der Waals surface area contributed by atoms with Crippen LogP contribution in [0.5, 0.6) is 0 Å². The number of carbonyl (C=O) groups is 2. The zero-order valence-corrected chi connectivity index (χ0v) is 12.0. The Balaban J connectivity index is 2.07. The SMILES string of the molecule is CNC1COCC1C(=O)NC1(C(=O)O)CCCCCC1. The molecule has 2 unspecified atom stereocenters. The number of carbonyl (C=O) groups excluding carboxylic acids is 1. The molecule has 0 bridgehead atoms. The summed E-state index contributed by atoms with van der Waals surface area (Å²) in [5, 5.41) is 15.4. The Hall–Kier alpha value is -1.14. The summed E-state index contributed by atoms with van der Waals surface area (Å²) in [5.74, 6) is -1.42. The molecule has 0 aromatic heterocycles.